The second-order valence-corrected chi connectivity index (χ2v) is 5.08. The third-order valence-corrected chi connectivity index (χ3v) is 3.20. The van der Waals surface area contributed by atoms with Crippen LogP contribution in [-0.4, -0.2) is 31.9 Å². The first-order valence-corrected chi connectivity index (χ1v) is 7.46. The van der Waals surface area contributed by atoms with Crippen LogP contribution in [0, 0.1) is 23.0 Å². The Labute approximate surface area is 148 Å². The van der Waals surface area contributed by atoms with Crippen molar-refractivity contribution in [2.75, 3.05) is 20.3 Å². The van der Waals surface area contributed by atoms with Gasteiger partial charge in [-0.25, -0.2) is 14.2 Å². The van der Waals surface area contributed by atoms with Gasteiger partial charge in [0.25, 0.3) is 5.91 Å². The number of methoxy groups -OCH3 is 1. The van der Waals surface area contributed by atoms with E-state index < -0.39 is 17.5 Å². The van der Waals surface area contributed by atoms with Gasteiger partial charge in [0, 0.05) is 12.7 Å². The molecule has 0 heterocycles. The maximum absolute atomic E-state index is 13.3. The minimum absolute atomic E-state index is 0.0121. The van der Waals surface area contributed by atoms with Crippen LogP contribution in [0.3, 0.4) is 0 Å². The van der Waals surface area contributed by atoms with Gasteiger partial charge in [-0.15, -0.1) is 0 Å². The monoisotopic (exact) mass is 359 g/mol. The highest BCUT2D eigenvalue weighted by molar-refractivity contribution is 6.02. The molecule has 0 spiro atoms. The SMILES string of the molecule is COCC(=NNC(=O)COc1ccc(C#N)cc1)c1ccc(F)c(F)c1. The first-order chi connectivity index (χ1) is 12.5. The summed E-state index contributed by atoms with van der Waals surface area (Å²) >= 11 is 0. The van der Waals surface area contributed by atoms with Crippen molar-refractivity contribution in [2.24, 2.45) is 5.10 Å². The minimum atomic E-state index is -1.03. The van der Waals surface area contributed by atoms with Gasteiger partial charge < -0.3 is 9.47 Å². The number of carbonyl (C=O) groups excluding carboxylic acids is 1. The van der Waals surface area contributed by atoms with E-state index in [2.05, 4.69) is 10.5 Å². The lowest BCUT2D eigenvalue weighted by atomic mass is 10.1. The Morgan fingerprint density at radius 1 is 1.15 bits per heavy atom. The minimum Gasteiger partial charge on any atom is -0.484 e. The summed E-state index contributed by atoms with van der Waals surface area (Å²) in [6.07, 6.45) is 0. The van der Waals surface area contributed by atoms with Crippen molar-refractivity contribution in [2.45, 2.75) is 0 Å². The molecular weight excluding hydrogens is 344 g/mol. The van der Waals surface area contributed by atoms with Crippen LogP contribution in [0.15, 0.2) is 47.6 Å². The van der Waals surface area contributed by atoms with Crippen molar-refractivity contribution >= 4 is 11.6 Å². The fourth-order valence-electron chi connectivity index (χ4n) is 1.93. The molecule has 26 heavy (non-hydrogen) atoms. The zero-order valence-corrected chi connectivity index (χ0v) is 13.8. The van der Waals surface area contributed by atoms with Gasteiger partial charge in [0.05, 0.1) is 24.0 Å². The second-order valence-electron chi connectivity index (χ2n) is 5.08. The highest BCUT2D eigenvalue weighted by Crippen LogP contribution is 2.12. The van der Waals surface area contributed by atoms with E-state index in [9.17, 15) is 13.6 Å². The highest BCUT2D eigenvalue weighted by Gasteiger charge is 2.10. The summed E-state index contributed by atoms with van der Waals surface area (Å²) < 4.78 is 36.6. The summed E-state index contributed by atoms with van der Waals surface area (Å²) in [5, 5.41) is 12.6. The van der Waals surface area contributed by atoms with Crippen LogP contribution in [0.25, 0.3) is 0 Å². The second kappa shape index (κ2) is 9.25. The number of hydrogen-bond donors (Lipinski definition) is 1. The summed E-state index contributed by atoms with van der Waals surface area (Å²) in [5.74, 6) is -2.14. The normalized spacial score (nSPS) is 10.9. The topological polar surface area (TPSA) is 83.7 Å². The molecule has 0 saturated heterocycles. The molecule has 0 aliphatic carbocycles. The molecule has 0 aliphatic rings. The number of ether oxygens (including phenoxy) is 2. The Morgan fingerprint density at radius 3 is 2.50 bits per heavy atom. The average Bonchev–Trinajstić information content (AvgIpc) is 2.66. The Bertz CT molecular complexity index is 846. The number of hydrazone groups is 1. The third-order valence-electron chi connectivity index (χ3n) is 3.20. The van der Waals surface area contributed by atoms with Crippen molar-refractivity contribution in [3.8, 4) is 11.8 Å². The predicted molar refractivity (Wildman–Crippen MR) is 89.6 cm³/mol. The molecule has 0 aromatic heterocycles. The molecule has 2 aromatic carbocycles. The molecule has 0 radical (unpaired) electrons. The lowest BCUT2D eigenvalue weighted by molar-refractivity contribution is -0.123. The van der Waals surface area contributed by atoms with Crippen LogP contribution in [0.2, 0.25) is 0 Å². The van der Waals surface area contributed by atoms with E-state index in [1.165, 1.54) is 13.2 Å². The van der Waals surface area contributed by atoms with Crippen molar-refractivity contribution in [1.29, 1.82) is 5.26 Å². The molecule has 1 N–H and O–H groups in total. The third kappa shape index (κ3) is 5.36. The van der Waals surface area contributed by atoms with Crippen LogP contribution >= 0.6 is 0 Å². The molecular formula is C18H15F2N3O3. The smallest absolute Gasteiger partial charge is 0.277 e. The Morgan fingerprint density at radius 2 is 1.88 bits per heavy atom. The van der Waals surface area contributed by atoms with E-state index in [-0.39, 0.29) is 24.5 Å². The zero-order chi connectivity index (χ0) is 18.9. The largest absolute Gasteiger partial charge is 0.484 e. The summed E-state index contributed by atoms with van der Waals surface area (Å²) in [7, 11) is 1.41. The zero-order valence-electron chi connectivity index (χ0n) is 13.8. The molecule has 0 unspecified atom stereocenters. The van der Waals surface area contributed by atoms with Crippen molar-refractivity contribution in [3.05, 3.63) is 65.2 Å². The van der Waals surface area contributed by atoms with Crippen LogP contribution in [0.4, 0.5) is 8.78 Å². The van der Waals surface area contributed by atoms with Crippen molar-refractivity contribution < 1.29 is 23.0 Å². The van der Waals surface area contributed by atoms with Crippen LogP contribution in [-0.2, 0) is 9.53 Å². The summed E-state index contributed by atoms with van der Waals surface area (Å²) in [6, 6.07) is 11.5. The van der Waals surface area contributed by atoms with Crippen LogP contribution < -0.4 is 10.2 Å². The van der Waals surface area contributed by atoms with E-state index in [1.54, 1.807) is 24.3 Å². The van der Waals surface area contributed by atoms with Gasteiger partial charge in [-0.2, -0.15) is 10.4 Å². The predicted octanol–water partition coefficient (Wildman–Crippen LogP) is 2.38. The maximum Gasteiger partial charge on any atom is 0.277 e. The van der Waals surface area contributed by atoms with Gasteiger partial charge in [0.1, 0.15) is 5.75 Å². The van der Waals surface area contributed by atoms with E-state index in [4.69, 9.17) is 14.7 Å². The lowest BCUT2D eigenvalue weighted by Crippen LogP contribution is -2.27. The fraction of sp³-hybridized carbons (Fsp3) is 0.167. The number of benzene rings is 2. The van der Waals surface area contributed by atoms with E-state index >= 15 is 0 Å². The molecule has 0 atom stereocenters. The molecule has 6 nitrogen and oxygen atoms in total. The van der Waals surface area contributed by atoms with E-state index in [0.29, 0.717) is 11.3 Å². The molecule has 8 heteroatoms. The number of hydrogen-bond acceptors (Lipinski definition) is 5. The number of nitriles is 1. The molecule has 0 bridgehead atoms. The van der Waals surface area contributed by atoms with Crippen LogP contribution in [0.1, 0.15) is 11.1 Å². The van der Waals surface area contributed by atoms with Gasteiger partial charge in [-0.1, -0.05) is 0 Å². The van der Waals surface area contributed by atoms with Gasteiger partial charge >= 0.3 is 0 Å². The summed E-state index contributed by atoms with van der Waals surface area (Å²) in [6.45, 7) is -0.324. The molecule has 0 fully saturated rings. The summed E-state index contributed by atoms with van der Waals surface area (Å²) in [5.41, 5.74) is 3.24. The van der Waals surface area contributed by atoms with Gasteiger partial charge in [-0.3, -0.25) is 4.79 Å². The Kier molecular flexibility index (Phi) is 6.76. The van der Waals surface area contributed by atoms with E-state index in [1.807, 2.05) is 6.07 Å². The Balaban J connectivity index is 1.98. The first-order valence-electron chi connectivity index (χ1n) is 7.46. The number of nitrogens with zero attached hydrogens (tertiary/aromatic N) is 2. The number of amides is 1. The van der Waals surface area contributed by atoms with E-state index in [0.717, 1.165) is 12.1 Å². The van der Waals surface area contributed by atoms with Crippen molar-refractivity contribution in [1.82, 2.24) is 5.43 Å². The number of carbonyl (C=O) groups is 1. The Hall–Kier alpha value is -3.31. The first kappa shape index (κ1) is 19.0. The van der Waals surface area contributed by atoms with Gasteiger partial charge in [0.2, 0.25) is 0 Å². The number of halogens is 2. The standard InChI is InChI=1S/C18H15F2N3O3/c1-25-10-17(13-4-7-15(19)16(20)8-13)22-23-18(24)11-26-14-5-2-12(9-21)3-6-14/h2-8H,10-11H2,1H3,(H,23,24). The van der Waals surface area contributed by atoms with Gasteiger partial charge in [-0.05, 0) is 42.5 Å². The highest BCUT2D eigenvalue weighted by atomic mass is 19.2. The quantitative estimate of drug-likeness (QED) is 0.608. The molecule has 2 rings (SSSR count). The van der Waals surface area contributed by atoms with Crippen LogP contribution in [0.5, 0.6) is 5.75 Å². The number of nitrogens with one attached hydrogen (secondary N) is 1. The molecule has 134 valence electrons. The lowest BCUT2D eigenvalue weighted by Gasteiger charge is -2.08. The molecule has 0 saturated carbocycles. The summed E-state index contributed by atoms with van der Waals surface area (Å²) in [4.78, 5) is 11.8. The maximum atomic E-state index is 13.3. The molecule has 2 aromatic rings. The van der Waals surface area contributed by atoms with Crippen molar-refractivity contribution in [3.63, 3.8) is 0 Å². The number of rotatable bonds is 7. The van der Waals surface area contributed by atoms with Gasteiger partial charge in [0.15, 0.2) is 18.2 Å². The molecule has 0 aliphatic heterocycles. The fourth-order valence-corrected chi connectivity index (χ4v) is 1.93. The average molecular weight is 359 g/mol. The molecule has 1 amide bonds.